The fourth-order valence-electron chi connectivity index (χ4n) is 3.73. The minimum Gasteiger partial charge on any atom is -0.493 e. The number of carbonyl (C=O) groups excluding carboxylic acids is 1. The minimum absolute atomic E-state index is 0.00387. The number of amides is 1. The highest BCUT2D eigenvalue weighted by Gasteiger charge is 2.17. The lowest BCUT2D eigenvalue weighted by atomic mass is 10.1. The number of anilines is 1. The average Bonchev–Trinajstić information content (AvgIpc) is 2.92. The van der Waals surface area contributed by atoms with Crippen LogP contribution in [-0.4, -0.2) is 35.5 Å². The standard InChI is InChI=1S/C28H25BrCl2N4O4/c1-4-16(2)27-34-23-10-5-18(29)13-21(23)28(37)35(27)32-14-17-11-22(31)26(24(12-17)38-3)39-15-25(36)33-20-8-6-19(30)7-9-20/h5-14,16H,4,15H2,1-3H3,(H,33,36)/t16-/m0/s1. The van der Waals surface area contributed by atoms with E-state index in [0.29, 0.717) is 38.8 Å². The maximum absolute atomic E-state index is 13.4. The molecule has 0 aliphatic rings. The number of rotatable bonds is 9. The molecule has 1 heterocycles. The fourth-order valence-corrected chi connectivity index (χ4v) is 4.49. The van der Waals surface area contributed by atoms with Crippen molar-refractivity contribution < 1.29 is 14.3 Å². The van der Waals surface area contributed by atoms with Crippen molar-refractivity contribution in [3.8, 4) is 11.5 Å². The van der Waals surface area contributed by atoms with Gasteiger partial charge in [-0.15, -0.1) is 0 Å². The Labute approximate surface area is 243 Å². The molecule has 1 atom stereocenters. The van der Waals surface area contributed by atoms with Crippen molar-refractivity contribution in [3.05, 3.63) is 90.9 Å². The molecule has 0 unspecified atom stereocenters. The van der Waals surface area contributed by atoms with Crippen molar-refractivity contribution in [3.63, 3.8) is 0 Å². The second-order valence-electron chi connectivity index (χ2n) is 8.68. The van der Waals surface area contributed by atoms with E-state index in [1.165, 1.54) is 18.0 Å². The summed E-state index contributed by atoms with van der Waals surface area (Å²) in [6.07, 6.45) is 2.28. The first-order valence-corrected chi connectivity index (χ1v) is 13.6. The molecular formula is C28H25BrCl2N4O4. The lowest BCUT2D eigenvalue weighted by Crippen LogP contribution is -2.23. The van der Waals surface area contributed by atoms with E-state index in [-0.39, 0.29) is 34.8 Å². The van der Waals surface area contributed by atoms with Crippen LogP contribution in [0.2, 0.25) is 10.0 Å². The first kappa shape index (κ1) is 28.6. The number of aromatic nitrogens is 2. The first-order chi connectivity index (χ1) is 18.7. The van der Waals surface area contributed by atoms with E-state index in [2.05, 4.69) is 26.3 Å². The molecule has 0 spiro atoms. The molecule has 1 N–H and O–H groups in total. The third-order valence-electron chi connectivity index (χ3n) is 5.94. The van der Waals surface area contributed by atoms with E-state index in [1.54, 1.807) is 48.5 Å². The van der Waals surface area contributed by atoms with Crippen molar-refractivity contribution in [2.45, 2.75) is 26.2 Å². The maximum Gasteiger partial charge on any atom is 0.282 e. The molecule has 11 heteroatoms. The normalized spacial score (nSPS) is 12.1. The topological polar surface area (TPSA) is 94.8 Å². The number of halogens is 3. The molecule has 202 valence electrons. The molecule has 0 saturated carbocycles. The predicted molar refractivity (Wildman–Crippen MR) is 159 cm³/mol. The van der Waals surface area contributed by atoms with Crippen LogP contribution in [0.15, 0.2) is 69.0 Å². The van der Waals surface area contributed by atoms with E-state index in [4.69, 9.17) is 37.7 Å². The van der Waals surface area contributed by atoms with Crippen LogP contribution in [0.25, 0.3) is 10.9 Å². The van der Waals surface area contributed by atoms with E-state index < -0.39 is 0 Å². The number of nitrogens with zero attached hydrogens (tertiary/aromatic N) is 3. The highest BCUT2D eigenvalue weighted by Crippen LogP contribution is 2.36. The van der Waals surface area contributed by atoms with Crippen LogP contribution in [-0.2, 0) is 4.79 Å². The van der Waals surface area contributed by atoms with Crippen LogP contribution in [0.1, 0.15) is 37.6 Å². The molecule has 0 aliphatic heterocycles. The number of hydrogen-bond donors (Lipinski definition) is 1. The Morgan fingerprint density at radius 3 is 2.62 bits per heavy atom. The lowest BCUT2D eigenvalue weighted by molar-refractivity contribution is -0.118. The molecule has 1 amide bonds. The van der Waals surface area contributed by atoms with Gasteiger partial charge in [-0.1, -0.05) is 53.0 Å². The monoisotopic (exact) mass is 630 g/mol. The zero-order valence-electron chi connectivity index (χ0n) is 21.4. The number of nitrogens with one attached hydrogen (secondary N) is 1. The van der Waals surface area contributed by atoms with Gasteiger partial charge >= 0.3 is 0 Å². The number of fused-ring (bicyclic) bond motifs is 1. The second kappa shape index (κ2) is 12.6. The van der Waals surface area contributed by atoms with Gasteiger partial charge in [-0.3, -0.25) is 9.59 Å². The zero-order valence-corrected chi connectivity index (χ0v) is 24.5. The smallest absolute Gasteiger partial charge is 0.282 e. The van der Waals surface area contributed by atoms with Crippen molar-refractivity contribution in [1.82, 2.24) is 9.66 Å². The maximum atomic E-state index is 13.4. The van der Waals surface area contributed by atoms with Gasteiger partial charge < -0.3 is 14.8 Å². The Balaban J connectivity index is 1.60. The Morgan fingerprint density at radius 1 is 1.18 bits per heavy atom. The number of carbonyl (C=O) groups is 1. The van der Waals surface area contributed by atoms with Gasteiger partial charge in [0.25, 0.3) is 11.5 Å². The van der Waals surface area contributed by atoms with E-state index in [0.717, 1.165) is 10.9 Å². The van der Waals surface area contributed by atoms with Crippen LogP contribution < -0.4 is 20.3 Å². The van der Waals surface area contributed by atoms with Gasteiger partial charge in [0, 0.05) is 21.1 Å². The largest absolute Gasteiger partial charge is 0.493 e. The molecule has 1 aromatic heterocycles. The van der Waals surface area contributed by atoms with Gasteiger partial charge in [0.05, 0.1) is 29.2 Å². The van der Waals surface area contributed by atoms with E-state index in [9.17, 15) is 9.59 Å². The van der Waals surface area contributed by atoms with Crippen molar-refractivity contribution >= 4 is 67.8 Å². The van der Waals surface area contributed by atoms with Crippen molar-refractivity contribution in [2.24, 2.45) is 5.10 Å². The summed E-state index contributed by atoms with van der Waals surface area (Å²) in [4.78, 5) is 30.4. The van der Waals surface area contributed by atoms with Crippen LogP contribution >= 0.6 is 39.1 Å². The predicted octanol–water partition coefficient (Wildman–Crippen LogP) is 6.89. The lowest BCUT2D eigenvalue weighted by Gasteiger charge is -2.15. The third-order valence-corrected chi connectivity index (χ3v) is 6.96. The molecular weight excluding hydrogens is 607 g/mol. The summed E-state index contributed by atoms with van der Waals surface area (Å²) in [5.74, 6) is 0.679. The molecule has 0 saturated heterocycles. The number of ether oxygens (including phenoxy) is 2. The molecule has 39 heavy (non-hydrogen) atoms. The summed E-state index contributed by atoms with van der Waals surface area (Å²) in [5, 5.41) is 8.42. The highest BCUT2D eigenvalue weighted by atomic mass is 79.9. The summed E-state index contributed by atoms with van der Waals surface area (Å²) >= 11 is 15.8. The summed E-state index contributed by atoms with van der Waals surface area (Å²) in [6.45, 7) is 3.72. The van der Waals surface area contributed by atoms with Crippen LogP contribution in [0.5, 0.6) is 11.5 Å². The van der Waals surface area contributed by atoms with Gasteiger partial charge in [-0.2, -0.15) is 9.78 Å². The van der Waals surface area contributed by atoms with Crippen LogP contribution in [0, 0.1) is 0 Å². The molecule has 0 bridgehead atoms. The summed E-state index contributed by atoms with van der Waals surface area (Å²) in [7, 11) is 1.46. The van der Waals surface area contributed by atoms with Crippen molar-refractivity contribution in [2.75, 3.05) is 19.0 Å². The number of methoxy groups -OCH3 is 1. The summed E-state index contributed by atoms with van der Waals surface area (Å²) in [6, 6.07) is 15.4. The van der Waals surface area contributed by atoms with Gasteiger partial charge in [-0.25, -0.2) is 4.98 Å². The Hall–Kier alpha value is -3.40. The minimum atomic E-state index is -0.381. The molecule has 0 radical (unpaired) electrons. The molecule has 8 nitrogen and oxygen atoms in total. The molecule has 0 aliphatic carbocycles. The van der Waals surface area contributed by atoms with Gasteiger partial charge in [0.2, 0.25) is 0 Å². The molecule has 4 aromatic rings. The van der Waals surface area contributed by atoms with Gasteiger partial charge in [0.1, 0.15) is 5.82 Å². The number of benzene rings is 3. The SMILES string of the molecule is CC[C@H](C)c1nc2ccc(Br)cc2c(=O)n1N=Cc1cc(Cl)c(OCC(=O)Nc2ccc(Cl)cc2)c(OC)c1. The van der Waals surface area contributed by atoms with Crippen molar-refractivity contribution in [1.29, 1.82) is 0 Å². The molecule has 0 fully saturated rings. The summed E-state index contributed by atoms with van der Waals surface area (Å²) in [5.41, 5.74) is 1.47. The van der Waals surface area contributed by atoms with Gasteiger partial charge in [-0.05, 0) is 66.6 Å². The fraction of sp³-hybridized carbons (Fsp3) is 0.214. The van der Waals surface area contributed by atoms with Crippen LogP contribution in [0.3, 0.4) is 0 Å². The molecule has 3 aromatic carbocycles. The second-order valence-corrected chi connectivity index (χ2v) is 10.4. The highest BCUT2D eigenvalue weighted by molar-refractivity contribution is 9.10. The van der Waals surface area contributed by atoms with Gasteiger partial charge in [0.15, 0.2) is 18.1 Å². The Bertz CT molecular complexity index is 1610. The number of hydrogen-bond acceptors (Lipinski definition) is 6. The van der Waals surface area contributed by atoms with E-state index >= 15 is 0 Å². The Kier molecular flexibility index (Phi) is 9.27. The zero-order chi connectivity index (χ0) is 28.1. The van der Waals surface area contributed by atoms with E-state index in [1.807, 2.05) is 19.9 Å². The van der Waals surface area contributed by atoms with Crippen LogP contribution in [0.4, 0.5) is 5.69 Å². The first-order valence-electron chi connectivity index (χ1n) is 12.0. The summed E-state index contributed by atoms with van der Waals surface area (Å²) < 4.78 is 13.2. The molecule has 4 rings (SSSR count). The quantitative estimate of drug-likeness (QED) is 0.203. The third kappa shape index (κ3) is 6.79. The Morgan fingerprint density at radius 2 is 1.92 bits per heavy atom. The average molecular weight is 632 g/mol.